The van der Waals surface area contributed by atoms with Crippen molar-refractivity contribution in [2.24, 2.45) is 0 Å². The topological polar surface area (TPSA) is 20.7 Å². The van der Waals surface area contributed by atoms with Crippen LogP contribution in [0.5, 0.6) is 0 Å². The van der Waals surface area contributed by atoms with Crippen molar-refractivity contribution in [1.29, 1.82) is 0 Å². The van der Waals surface area contributed by atoms with E-state index >= 15 is 0 Å². The molecule has 2 nitrogen and oxygen atoms in total. The first-order chi connectivity index (χ1) is 9.95. The summed E-state index contributed by atoms with van der Waals surface area (Å²) in [5, 5.41) is 0. The number of rotatable bonds is 3. The molecule has 3 rings (SSSR count). The van der Waals surface area contributed by atoms with Crippen LogP contribution >= 0.6 is 39.5 Å². The molecular weight excluding hydrogens is 371 g/mol. The molecule has 0 aliphatic heterocycles. The Labute approximate surface area is 139 Å². The van der Waals surface area contributed by atoms with E-state index in [1.165, 1.54) is 15.8 Å². The molecule has 2 heterocycles. The average molecular weight is 385 g/mol. The van der Waals surface area contributed by atoms with E-state index in [1.54, 1.807) is 17.4 Å². The van der Waals surface area contributed by atoms with E-state index in [0.29, 0.717) is 9.24 Å². The molecule has 3 aromatic rings. The van der Waals surface area contributed by atoms with Crippen molar-refractivity contribution >= 4 is 50.5 Å². The highest BCUT2D eigenvalue weighted by atomic mass is 79.9. The van der Waals surface area contributed by atoms with Crippen LogP contribution in [-0.4, -0.2) is 9.55 Å². The number of aromatic nitrogens is 2. The summed E-state index contributed by atoms with van der Waals surface area (Å²) in [7, 11) is 0. The van der Waals surface area contributed by atoms with Crippen molar-refractivity contribution in [3.63, 3.8) is 0 Å². The number of hydrogen-bond acceptors (Lipinski definition) is 2. The molecule has 2 aromatic heterocycles. The van der Waals surface area contributed by atoms with Crippen molar-refractivity contribution < 1.29 is 4.39 Å². The van der Waals surface area contributed by atoms with E-state index in [2.05, 4.69) is 51.5 Å². The molecule has 0 bridgehead atoms. The zero-order valence-corrected chi connectivity index (χ0v) is 14.8. The van der Waals surface area contributed by atoms with Gasteiger partial charge in [-0.05, 0) is 60.2 Å². The van der Waals surface area contributed by atoms with Gasteiger partial charge in [0.1, 0.15) is 5.82 Å². The van der Waals surface area contributed by atoms with E-state index in [9.17, 15) is 4.39 Å². The molecule has 0 amide bonds. The molecule has 1 unspecified atom stereocenters. The summed E-state index contributed by atoms with van der Waals surface area (Å²) in [5.41, 5.74) is 1.66. The number of aryl methyl sites for hydroxylation is 1. The molecule has 0 saturated heterocycles. The lowest BCUT2D eigenvalue weighted by Gasteiger charge is -2.14. The number of nitrogens with one attached hydrogen (secondary N) is 1. The van der Waals surface area contributed by atoms with Gasteiger partial charge in [-0.3, -0.25) is 0 Å². The van der Waals surface area contributed by atoms with Gasteiger partial charge in [-0.2, -0.15) is 0 Å². The maximum atomic E-state index is 13.6. The van der Waals surface area contributed by atoms with Crippen molar-refractivity contribution in [3.8, 4) is 0 Å². The van der Waals surface area contributed by atoms with E-state index < -0.39 is 0 Å². The van der Waals surface area contributed by atoms with Crippen molar-refractivity contribution in [2.75, 3.05) is 0 Å². The summed E-state index contributed by atoms with van der Waals surface area (Å²) >= 11 is 10.5. The Balaban J connectivity index is 2.04. The minimum absolute atomic E-state index is 0.210. The first-order valence-corrected chi connectivity index (χ1v) is 8.62. The number of H-pyrrole nitrogens is 1. The predicted octanol–water partition coefficient (Wildman–Crippen LogP) is 5.77. The summed E-state index contributed by atoms with van der Waals surface area (Å²) in [6.07, 6.45) is 0.911. The van der Waals surface area contributed by atoms with Crippen LogP contribution in [0, 0.1) is 17.5 Å². The molecule has 0 aliphatic carbocycles. The van der Waals surface area contributed by atoms with Crippen LogP contribution in [0.2, 0.25) is 0 Å². The van der Waals surface area contributed by atoms with Crippen LogP contribution < -0.4 is 0 Å². The molecule has 0 aliphatic rings. The minimum atomic E-state index is -0.285. The van der Waals surface area contributed by atoms with Gasteiger partial charge in [0.15, 0.2) is 4.77 Å². The average Bonchev–Trinajstić information content (AvgIpc) is 2.93. The number of imidazole rings is 1. The fraction of sp³-hybridized carbons (Fsp3) is 0.267. The summed E-state index contributed by atoms with van der Waals surface area (Å²) < 4.78 is 16.8. The van der Waals surface area contributed by atoms with Crippen LogP contribution in [0.3, 0.4) is 0 Å². The highest BCUT2D eigenvalue weighted by molar-refractivity contribution is 9.10. The third-order valence-corrected chi connectivity index (χ3v) is 5.42. The van der Waals surface area contributed by atoms with Crippen molar-refractivity contribution in [2.45, 2.75) is 26.3 Å². The Hall–Kier alpha value is -0.980. The zero-order chi connectivity index (χ0) is 15.1. The van der Waals surface area contributed by atoms with Gasteiger partial charge in [0, 0.05) is 28.3 Å². The van der Waals surface area contributed by atoms with Gasteiger partial charge >= 0.3 is 0 Å². The Morgan fingerprint density at radius 2 is 2.19 bits per heavy atom. The number of aromatic amines is 1. The largest absolute Gasteiger partial charge is 0.330 e. The lowest BCUT2D eigenvalue weighted by molar-refractivity contribution is 0.556. The number of halogens is 2. The van der Waals surface area contributed by atoms with Gasteiger partial charge in [-0.1, -0.05) is 0 Å². The number of benzene rings is 1. The lowest BCUT2D eigenvalue weighted by Crippen LogP contribution is -2.07. The van der Waals surface area contributed by atoms with Gasteiger partial charge < -0.3 is 9.55 Å². The van der Waals surface area contributed by atoms with Gasteiger partial charge in [0.2, 0.25) is 0 Å². The lowest BCUT2D eigenvalue weighted by atomic mass is 10.2. The van der Waals surface area contributed by atoms with Crippen LogP contribution in [-0.2, 0) is 6.42 Å². The number of hydrogen-bond donors (Lipinski definition) is 1. The molecular formula is C15H14BrFN2S2. The summed E-state index contributed by atoms with van der Waals surface area (Å²) in [6, 6.07) is 7.76. The molecule has 1 aromatic carbocycles. The Morgan fingerprint density at radius 3 is 2.86 bits per heavy atom. The summed E-state index contributed by atoms with van der Waals surface area (Å²) in [6.45, 7) is 4.24. The number of nitrogens with zero attached hydrogens (tertiary/aromatic N) is 1. The molecule has 21 heavy (non-hydrogen) atoms. The molecule has 1 N–H and O–H groups in total. The smallest absolute Gasteiger partial charge is 0.178 e. The molecule has 1 atom stereocenters. The van der Waals surface area contributed by atoms with E-state index in [0.717, 1.165) is 17.5 Å². The van der Waals surface area contributed by atoms with Crippen LogP contribution in [0.15, 0.2) is 28.7 Å². The van der Waals surface area contributed by atoms with Crippen molar-refractivity contribution in [3.05, 3.63) is 49.1 Å². The van der Waals surface area contributed by atoms with Crippen LogP contribution in [0.1, 0.15) is 22.7 Å². The molecule has 0 fully saturated rings. The van der Waals surface area contributed by atoms with Gasteiger partial charge in [-0.25, -0.2) is 4.39 Å². The van der Waals surface area contributed by atoms with E-state index in [1.807, 2.05) is 0 Å². The van der Waals surface area contributed by atoms with Gasteiger partial charge in [0.25, 0.3) is 0 Å². The van der Waals surface area contributed by atoms with Crippen molar-refractivity contribution in [1.82, 2.24) is 9.55 Å². The second-order valence-electron chi connectivity index (χ2n) is 5.15. The van der Waals surface area contributed by atoms with Crippen LogP contribution in [0.25, 0.3) is 11.0 Å². The minimum Gasteiger partial charge on any atom is -0.330 e. The van der Waals surface area contributed by atoms with E-state index in [-0.39, 0.29) is 11.9 Å². The Morgan fingerprint density at radius 1 is 1.43 bits per heavy atom. The fourth-order valence-electron chi connectivity index (χ4n) is 2.54. The Bertz CT molecular complexity index is 862. The van der Waals surface area contributed by atoms with Crippen LogP contribution in [0.4, 0.5) is 4.39 Å². The second kappa shape index (κ2) is 5.66. The van der Waals surface area contributed by atoms with E-state index in [4.69, 9.17) is 12.2 Å². The normalized spacial score (nSPS) is 13.0. The molecule has 6 heteroatoms. The quantitative estimate of drug-likeness (QED) is 0.568. The molecule has 0 saturated carbocycles. The fourth-order valence-corrected chi connectivity index (χ4v) is 4.27. The Kier molecular flexibility index (Phi) is 4.03. The molecule has 0 radical (unpaired) electrons. The molecule has 0 spiro atoms. The predicted molar refractivity (Wildman–Crippen MR) is 92.3 cm³/mol. The highest BCUT2D eigenvalue weighted by Crippen LogP contribution is 2.28. The van der Waals surface area contributed by atoms with Gasteiger partial charge in [0.05, 0.1) is 15.5 Å². The second-order valence-corrected chi connectivity index (χ2v) is 7.76. The zero-order valence-electron chi connectivity index (χ0n) is 11.6. The summed E-state index contributed by atoms with van der Waals surface area (Å²) in [4.78, 5) is 5.73. The van der Waals surface area contributed by atoms with Gasteiger partial charge in [-0.15, -0.1) is 11.3 Å². The first-order valence-electron chi connectivity index (χ1n) is 6.60. The highest BCUT2D eigenvalue weighted by Gasteiger charge is 2.14. The summed E-state index contributed by atoms with van der Waals surface area (Å²) in [5.74, 6) is -0.285. The first kappa shape index (κ1) is 14.9. The standard InChI is InChI=1S/C15H14BrFN2S2/c1-8(5-10-4-3-9(2)21-10)19-14-6-11(16)12(17)7-13(14)18-15(19)20/h3-4,6-8H,5H2,1-2H3,(H,18,20). The monoisotopic (exact) mass is 384 g/mol. The third-order valence-electron chi connectivity index (χ3n) is 3.49. The SMILES string of the molecule is Cc1ccc(CC(C)n2c(=S)[nH]c3cc(F)c(Br)cc32)s1. The third kappa shape index (κ3) is 2.84. The number of fused-ring (bicyclic) bond motifs is 1. The molecule has 110 valence electrons. The maximum Gasteiger partial charge on any atom is 0.178 e. The number of thiophene rings is 1. The maximum absolute atomic E-state index is 13.6.